The Morgan fingerprint density at radius 1 is 1.21 bits per heavy atom. The lowest BCUT2D eigenvalue weighted by Gasteiger charge is -2.32. The van der Waals surface area contributed by atoms with Crippen LogP contribution >= 0.6 is 11.3 Å². The minimum Gasteiger partial charge on any atom is -0.342 e. The van der Waals surface area contributed by atoms with Crippen molar-refractivity contribution in [2.45, 2.75) is 25.7 Å². The van der Waals surface area contributed by atoms with E-state index in [9.17, 15) is 9.59 Å². The van der Waals surface area contributed by atoms with Crippen LogP contribution in [0.1, 0.15) is 25.7 Å². The molecule has 0 bridgehead atoms. The van der Waals surface area contributed by atoms with Gasteiger partial charge in [-0.15, -0.1) is 11.3 Å². The largest absolute Gasteiger partial charge is 0.342 e. The quantitative estimate of drug-likeness (QED) is 0.787. The summed E-state index contributed by atoms with van der Waals surface area (Å²) >= 11 is 1.56. The number of carbonyl (C=O) groups excluding carboxylic acids is 2. The Balaban J connectivity index is 1.28. The molecule has 1 aromatic carbocycles. The molecule has 2 aliphatic heterocycles. The Bertz CT molecular complexity index is 819. The van der Waals surface area contributed by atoms with Gasteiger partial charge in [-0.1, -0.05) is 12.1 Å². The van der Waals surface area contributed by atoms with E-state index in [2.05, 4.69) is 10.3 Å². The maximum absolute atomic E-state index is 12.7. The molecule has 29 heavy (non-hydrogen) atoms. The first-order chi connectivity index (χ1) is 14.2. The number of hydroxylamine groups is 2. The first-order valence-electron chi connectivity index (χ1n) is 10.1. The summed E-state index contributed by atoms with van der Waals surface area (Å²) in [6.45, 7) is 3.47. The lowest BCUT2D eigenvalue weighted by atomic mass is 9.96. The third-order valence-corrected chi connectivity index (χ3v) is 6.01. The summed E-state index contributed by atoms with van der Waals surface area (Å²) in [4.78, 5) is 36.8. The van der Waals surface area contributed by atoms with Crippen LogP contribution in [-0.4, -0.2) is 59.5 Å². The van der Waals surface area contributed by atoms with Crippen molar-refractivity contribution < 1.29 is 14.4 Å². The Kier molecular flexibility index (Phi) is 6.53. The fraction of sp³-hybridized carbons (Fsp3) is 0.476. The topological polar surface area (TPSA) is 74.8 Å². The van der Waals surface area contributed by atoms with Gasteiger partial charge in [0.2, 0.25) is 11.8 Å². The second-order valence-corrected chi connectivity index (χ2v) is 8.20. The summed E-state index contributed by atoms with van der Waals surface area (Å²) in [6.07, 6.45) is 3.12. The van der Waals surface area contributed by atoms with Crippen LogP contribution < -0.4 is 5.32 Å². The number of amides is 2. The standard InChI is InChI=1S/C21H26N4O3S/c26-20(8-11-25-10-2-12-28-25)24-9-1-3-17(13-24)21(27)23-18-6-4-16(5-7-18)19-14-29-15-22-19/h4-7,14-15,17H,1-3,8-13H2,(H,23,27)/t17-/m1/s1. The third-order valence-electron chi connectivity index (χ3n) is 5.43. The smallest absolute Gasteiger partial charge is 0.229 e. The number of carbonyl (C=O) groups is 2. The number of nitrogens with one attached hydrogen (secondary N) is 1. The maximum atomic E-state index is 12.7. The van der Waals surface area contributed by atoms with Crippen LogP contribution in [0.3, 0.4) is 0 Å². The minimum absolute atomic E-state index is 0.0215. The van der Waals surface area contributed by atoms with E-state index in [1.807, 2.05) is 39.6 Å². The number of benzene rings is 1. The molecule has 0 unspecified atom stereocenters. The molecule has 1 aromatic heterocycles. The summed E-state index contributed by atoms with van der Waals surface area (Å²) in [5, 5.41) is 6.86. The Labute approximate surface area is 174 Å². The predicted octanol–water partition coefficient (Wildman–Crippen LogP) is 3.01. The van der Waals surface area contributed by atoms with Crippen molar-refractivity contribution >= 4 is 28.8 Å². The molecular weight excluding hydrogens is 388 g/mol. The van der Waals surface area contributed by atoms with Gasteiger partial charge in [-0.25, -0.2) is 4.98 Å². The molecule has 1 atom stereocenters. The number of likely N-dealkylation sites (tertiary alicyclic amines) is 1. The molecule has 0 saturated carbocycles. The first kappa shape index (κ1) is 20.0. The van der Waals surface area contributed by atoms with Gasteiger partial charge in [0.15, 0.2) is 0 Å². The minimum atomic E-state index is -0.172. The highest BCUT2D eigenvalue weighted by Crippen LogP contribution is 2.23. The van der Waals surface area contributed by atoms with E-state index in [0.29, 0.717) is 19.5 Å². The van der Waals surface area contributed by atoms with Gasteiger partial charge < -0.3 is 10.2 Å². The van der Waals surface area contributed by atoms with Crippen LogP contribution in [0.5, 0.6) is 0 Å². The van der Waals surface area contributed by atoms with Crippen molar-refractivity contribution in [1.82, 2.24) is 14.9 Å². The molecule has 7 nitrogen and oxygen atoms in total. The number of piperidine rings is 1. The maximum Gasteiger partial charge on any atom is 0.229 e. The fourth-order valence-corrected chi connectivity index (χ4v) is 4.36. The van der Waals surface area contributed by atoms with Gasteiger partial charge in [-0.3, -0.25) is 14.4 Å². The van der Waals surface area contributed by atoms with E-state index in [1.54, 1.807) is 16.8 Å². The molecule has 0 radical (unpaired) electrons. The molecule has 8 heteroatoms. The van der Waals surface area contributed by atoms with Crippen LogP contribution in [0, 0.1) is 5.92 Å². The number of hydrogen-bond donors (Lipinski definition) is 1. The highest BCUT2D eigenvalue weighted by molar-refractivity contribution is 7.07. The molecule has 1 N–H and O–H groups in total. The van der Waals surface area contributed by atoms with E-state index < -0.39 is 0 Å². The summed E-state index contributed by atoms with van der Waals surface area (Å²) in [5.41, 5.74) is 4.54. The van der Waals surface area contributed by atoms with Crippen LogP contribution in [-0.2, 0) is 14.4 Å². The molecule has 2 saturated heterocycles. The summed E-state index contributed by atoms with van der Waals surface area (Å²) in [6, 6.07) is 7.71. The average Bonchev–Trinajstić information content (AvgIpc) is 3.47. The highest BCUT2D eigenvalue weighted by atomic mass is 32.1. The van der Waals surface area contributed by atoms with Crippen molar-refractivity contribution in [3.05, 3.63) is 35.2 Å². The van der Waals surface area contributed by atoms with E-state index in [0.717, 1.165) is 55.9 Å². The zero-order valence-corrected chi connectivity index (χ0v) is 17.2. The second kappa shape index (κ2) is 9.47. The normalized spacial score (nSPS) is 20.0. The van der Waals surface area contributed by atoms with Gasteiger partial charge in [0.1, 0.15) is 0 Å². The monoisotopic (exact) mass is 414 g/mol. The van der Waals surface area contributed by atoms with Crippen LogP contribution in [0.25, 0.3) is 11.3 Å². The third kappa shape index (κ3) is 5.20. The van der Waals surface area contributed by atoms with Crippen molar-refractivity contribution in [2.75, 3.05) is 38.1 Å². The van der Waals surface area contributed by atoms with Crippen molar-refractivity contribution in [3.8, 4) is 11.3 Å². The Morgan fingerprint density at radius 3 is 2.79 bits per heavy atom. The molecule has 0 aliphatic carbocycles. The van der Waals surface area contributed by atoms with Gasteiger partial charge in [0.25, 0.3) is 0 Å². The summed E-state index contributed by atoms with van der Waals surface area (Å²) in [5.74, 6) is -0.0913. The second-order valence-electron chi connectivity index (χ2n) is 7.48. The molecule has 154 valence electrons. The molecule has 2 fully saturated rings. The van der Waals surface area contributed by atoms with Crippen molar-refractivity contribution in [3.63, 3.8) is 0 Å². The number of nitrogens with zero attached hydrogens (tertiary/aromatic N) is 3. The summed E-state index contributed by atoms with van der Waals surface area (Å²) < 4.78 is 0. The molecule has 3 heterocycles. The predicted molar refractivity (Wildman–Crippen MR) is 112 cm³/mol. The lowest BCUT2D eigenvalue weighted by Crippen LogP contribution is -2.44. The molecule has 2 aromatic rings. The number of thiazole rings is 1. The van der Waals surface area contributed by atoms with Gasteiger partial charge >= 0.3 is 0 Å². The van der Waals surface area contributed by atoms with E-state index in [4.69, 9.17) is 4.84 Å². The molecule has 0 spiro atoms. The first-order valence-corrected chi connectivity index (χ1v) is 11.1. The molecule has 2 aliphatic rings. The van der Waals surface area contributed by atoms with Gasteiger partial charge in [0.05, 0.1) is 23.7 Å². The average molecular weight is 415 g/mol. The number of rotatable bonds is 6. The van der Waals surface area contributed by atoms with Crippen molar-refractivity contribution in [1.29, 1.82) is 0 Å². The van der Waals surface area contributed by atoms with Gasteiger partial charge in [0, 0.05) is 49.2 Å². The molecular formula is C21H26N4O3S. The van der Waals surface area contributed by atoms with Gasteiger partial charge in [-0.05, 0) is 31.4 Å². The molecule has 2 amide bonds. The number of anilines is 1. The highest BCUT2D eigenvalue weighted by Gasteiger charge is 2.28. The zero-order chi connectivity index (χ0) is 20.1. The Morgan fingerprint density at radius 2 is 2.07 bits per heavy atom. The summed E-state index contributed by atoms with van der Waals surface area (Å²) in [7, 11) is 0. The van der Waals surface area contributed by atoms with E-state index in [-0.39, 0.29) is 17.7 Å². The van der Waals surface area contributed by atoms with Crippen LogP contribution in [0.15, 0.2) is 35.2 Å². The van der Waals surface area contributed by atoms with Gasteiger partial charge in [-0.2, -0.15) is 5.06 Å². The van der Waals surface area contributed by atoms with Crippen molar-refractivity contribution in [2.24, 2.45) is 5.92 Å². The SMILES string of the molecule is O=C(Nc1ccc(-c2cscn2)cc1)[C@@H]1CCCN(C(=O)CCN2CCCO2)C1. The Hall–Kier alpha value is -2.29. The van der Waals surface area contributed by atoms with E-state index in [1.165, 1.54) is 0 Å². The van der Waals surface area contributed by atoms with E-state index >= 15 is 0 Å². The number of hydrogen-bond acceptors (Lipinski definition) is 6. The van der Waals surface area contributed by atoms with Crippen LogP contribution in [0.4, 0.5) is 5.69 Å². The molecule has 4 rings (SSSR count). The fourth-order valence-electron chi connectivity index (χ4n) is 3.80. The lowest BCUT2D eigenvalue weighted by molar-refractivity contribution is -0.141. The zero-order valence-electron chi connectivity index (χ0n) is 16.4. The van der Waals surface area contributed by atoms with Crippen LogP contribution in [0.2, 0.25) is 0 Å². The number of aromatic nitrogens is 1.